The van der Waals surface area contributed by atoms with E-state index in [0.29, 0.717) is 18.0 Å². The summed E-state index contributed by atoms with van der Waals surface area (Å²) in [6.07, 6.45) is 1.43. The lowest BCUT2D eigenvalue weighted by Gasteiger charge is -2.02. The number of pyridine rings is 1. The van der Waals surface area contributed by atoms with Crippen molar-refractivity contribution >= 4 is 17.3 Å². The van der Waals surface area contributed by atoms with Crippen LogP contribution in [0.1, 0.15) is 22.9 Å². The average Bonchev–Trinajstić information content (AvgIpc) is 2.98. The van der Waals surface area contributed by atoms with Crippen molar-refractivity contribution in [3.8, 4) is 16.6 Å². The topological polar surface area (TPSA) is 72.3 Å². The molecule has 6 heteroatoms. The largest absolute Gasteiger partial charge is 0.481 e. The fourth-order valence-corrected chi connectivity index (χ4v) is 3.33. The van der Waals surface area contributed by atoms with Gasteiger partial charge in [-0.15, -0.1) is 11.3 Å². The summed E-state index contributed by atoms with van der Waals surface area (Å²) < 4.78 is 5.08. The van der Waals surface area contributed by atoms with Gasteiger partial charge >= 0.3 is 5.97 Å². The van der Waals surface area contributed by atoms with E-state index in [1.165, 1.54) is 11.3 Å². The molecule has 0 aromatic carbocycles. The Morgan fingerprint density at radius 2 is 2.32 bits per heavy atom. The molecule has 0 saturated carbocycles. The second-order valence-corrected chi connectivity index (χ2v) is 5.41. The van der Waals surface area contributed by atoms with E-state index in [2.05, 4.69) is 9.97 Å². The number of rotatable bonds is 3. The third kappa shape index (κ3) is 2.08. The third-order valence-corrected chi connectivity index (χ3v) is 4.32. The molecule has 1 aliphatic carbocycles. The SMILES string of the molecule is COc1cccc(-c2nc3c(s2)CCC3C(=O)O)n1. The van der Waals surface area contributed by atoms with Gasteiger partial charge < -0.3 is 9.84 Å². The molecule has 1 unspecified atom stereocenters. The zero-order valence-corrected chi connectivity index (χ0v) is 11.1. The van der Waals surface area contributed by atoms with Crippen LogP contribution >= 0.6 is 11.3 Å². The molecule has 0 fully saturated rings. The zero-order chi connectivity index (χ0) is 13.4. The number of nitrogens with zero attached hydrogens (tertiary/aromatic N) is 2. The van der Waals surface area contributed by atoms with Crippen LogP contribution in [-0.2, 0) is 11.2 Å². The Bertz CT molecular complexity index is 639. The number of carboxylic acids is 1. The lowest BCUT2D eigenvalue weighted by Crippen LogP contribution is -2.08. The van der Waals surface area contributed by atoms with Gasteiger partial charge in [0.2, 0.25) is 5.88 Å². The maximum atomic E-state index is 11.1. The Morgan fingerprint density at radius 1 is 1.47 bits per heavy atom. The molecule has 5 nitrogen and oxygen atoms in total. The molecule has 0 bridgehead atoms. The van der Waals surface area contributed by atoms with Crippen molar-refractivity contribution in [2.24, 2.45) is 0 Å². The molecular formula is C13H12N2O3S. The van der Waals surface area contributed by atoms with E-state index in [9.17, 15) is 4.79 Å². The number of carbonyl (C=O) groups is 1. The number of aromatic nitrogens is 2. The van der Waals surface area contributed by atoms with Crippen LogP contribution in [-0.4, -0.2) is 28.2 Å². The Balaban J connectivity index is 1.99. The van der Waals surface area contributed by atoms with E-state index in [1.807, 2.05) is 12.1 Å². The lowest BCUT2D eigenvalue weighted by molar-refractivity contribution is -0.138. The monoisotopic (exact) mass is 276 g/mol. The van der Waals surface area contributed by atoms with Crippen LogP contribution in [0.15, 0.2) is 18.2 Å². The van der Waals surface area contributed by atoms with Gasteiger partial charge in [0.15, 0.2) is 0 Å². The van der Waals surface area contributed by atoms with Crippen molar-refractivity contribution in [3.05, 3.63) is 28.8 Å². The van der Waals surface area contributed by atoms with Gasteiger partial charge in [-0.25, -0.2) is 9.97 Å². The van der Waals surface area contributed by atoms with Crippen LogP contribution in [0.4, 0.5) is 0 Å². The third-order valence-electron chi connectivity index (χ3n) is 3.17. The molecule has 1 aliphatic rings. The summed E-state index contributed by atoms with van der Waals surface area (Å²) in [4.78, 5) is 21.0. The Kier molecular flexibility index (Phi) is 2.94. The van der Waals surface area contributed by atoms with Crippen LogP contribution in [0.2, 0.25) is 0 Å². The quantitative estimate of drug-likeness (QED) is 0.931. The normalized spacial score (nSPS) is 17.2. The molecule has 0 amide bonds. The number of carboxylic acid groups (broad SMARTS) is 1. The number of methoxy groups -OCH3 is 1. The predicted octanol–water partition coefficient (Wildman–Crippen LogP) is 2.33. The summed E-state index contributed by atoms with van der Waals surface area (Å²) in [6, 6.07) is 5.47. The summed E-state index contributed by atoms with van der Waals surface area (Å²) in [5.41, 5.74) is 1.43. The van der Waals surface area contributed by atoms with Crippen LogP contribution in [0.25, 0.3) is 10.7 Å². The van der Waals surface area contributed by atoms with Crippen molar-refractivity contribution < 1.29 is 14.6 Å². The minimum absolute atomic E-state index is 0.467. The minimum atomic E-state index is -0.797. The Morgan fingerprint density at radius 3 is 3.05 bits per heavy atom. The summed E-state index contributed by atoms with van der Waals surface area (Å²) in [5, 5.41) is 9.91. The van der Waals surface area contributed by atoms with E-state index in [0.717, 1.165) is 22.0 Å². The van der Waals surface area contributed by atoms with Crippen molar-refractivity contribution in [3.63, 3.8) is 0 Å². The van der Waals surface area contributed by atoms with Gasteiger partial charge in [0.05, 0.1) is 12.8 Å². The van der Waals surface area contributed by atoms with Gasteiger partial charge in [-0.05, 0) is 18.9 Å². The first-order valence-corrected chi connectivity index (χ1v) is 6.74. The van der Waals surface area contributed by atoms with Crippen LogP contribution in [0.5, 0.6) is 5.88 Å². The standard InChI is InChI=1S/C13H12N2O3S/c1-18-10-4-2-3-8(14-10)12-15-11-7(13(16)17)5-6-9(11)19-12/h2-4,7H,5-6H2,1H3,(H,16,17). The highest BCUT2D eigenvalue weighted by Crippen LogP contribution is 2.39. The lowest BCUT2D eigenvalue weighted by atomic mass is 10.1. The molecule has 2 aromatic rings. The maximum Gasteiger partial charge on any atom is 0.312 e. The summed E-state index contributed by atoms with van der Waals surface area (Å²) in [5.74, 6) is -0.734. The van der Waals surface area contributed by atoms with Gasteiger partial charge in [-0.3, -0.25) is 4.79 Å². The summed E-state index contributed by atoms with van der Waals surface area (Å²) in [6.45, 7) is 0. The molecule has 0 aliphatic heterocycles. The maximum absolute atomic E-state index is 11.1. The fourth-order valence-electron chi connectivity index (χ4n) is 2.22. The number of ether oxygens (including phenoxy) is 1. The number of aryl methyl sites for hydroxylation is 1. The molecule has 1 N–H and O–H groups in total. The van der Waals surface area contributed by atoms with Crippen molar-refractivity contribution in [2.45, 2.75) is 18.8 Å². The van der Waals surface area contributed by atoms with Gasteiger partial charge in [0, 0.05) is 10.9 Å². The second-order valence-electron chi connectivity index (χ2n) is 4.32. The molecule has 1 atom stereocenters. The number of fused-ring (bicyclic) bond motifs is 1. The number of thiazole rings is 1. The first-order chi connectivity index (χ1) is 9.19. The highest BCUT2D eigenvalue weighted by molar-refractivity contribution is 7.15. The zero-order valence-electron chi connectivity index (χ0n) is 10.3. The predicted molar refractivity (Wildman–Crippen MR) is 70.6 cm³/mol. The van der Waals surface area contributed by atoms with E-state index in [-0.39, 0.29) is 0 Å². The van der Waals surface area contributed by atoms with E-state index >= 15 is 0 Å². The second kappa shape index (κ2) is 4.62. The molecular weight excluding hydrogens is 264 g/mol. The van der Waals surface area contributed by atoms with Gasteiger partial charge in [-0.1, -0.05) is 6.07 Å². The molecule has 0 radical (unpaired) electrons. The van der Waals surface area contributed by atoms with E-state index in [4.69, 9.17) is 9.84 Å². The van der Waals surface area contributed by atoms with Crippen LogP contribution < -0.4 is 4.74 Å². The molecule has 0 spiro atoms. The molecule has 19 heavy (non-hydrogen) atoms. The molecule has 2 aromatic heterocycles. The highest BCUT2D eigenvalue weighted by atomic mass is 32.1. The highest BCUT2D eigenvalue weighted by Gasteiger charge is 2.32. The number of hydrogen-bond donors (Lipinski definition) is 1. The minimum Gasteiger partial charge on any atom is -0.481 e. The molecule has 2 heterocycles. The molecule has 0 saturated heterocycles. The Hall–Kier alpha value is -1.95. The summed E-state index contributed by atoms with van der Waals surface area (Å²) in [7, 11) is 1.56. The van der Waals surface area contributed by atoms with Gasteiger partial charge in [0.1, 0.15) is 16.6 Å². The van der Waals surface area contributed by atoms with Crippen LogP contribution in [0, 0.1) is 0 Å². The van der Waals surface area contributed by atoms with Crippen LogP contribution in [0.3, 0.4) is 0 Å². The van der Waals surface area contributed by atoms with Crippen molar-refractivity contribution in [1.82, 2.24) is 9.97 Å². The summed E-state index contributed by atoms with van der Waals surface area (Å²) >= 11 is 1.52. The number of hydrogen-bond acceptors (Lipinski definition) is 5. The fraction of sp³-hybridized carbons (Fsp3) is 0.308. The smallest absolute Gasteiger partial charge is 0.312 e. The van der Waals surface area contributed by atoms with E-state index < -0.39 is 11.9 Å². The Labute approximate surface area is 113 Å². The first kappa shape index (κ1) is 12.1. The molecule has 3 rings (SSSR count). The van der Waals surface area contributed by atoms with Crippen molar-refractivity contribution in [1.29, 1.82) is 0 Å². The van der Waals surface area contributed by atoms with E-state index in [1.54, 1.807) is 13.2 Å². The van der Waals surface area contributed by atoms with Gasteiger partial charge in [0.25, 0.3) is 0 Å². The first-order valence-electron chi connectivity index (χ1n) is 5.93. The van der Waals surface area contributed by atoms with Crippen molar-refractivity contribution in [2.75, 3.05) is 7.11 Å². The van der Waals surface area contributed by atoms with Gasteiger partial charge in [-0.2, -0.15) is 0 Å². The average molecular weight is 276 g/mol. The molecule has 98 valence electrons. The number of aliphatic carboxylic acids is 1.